The molecule has 3 nitrogen and oxygen atoms in total. The van der Waals surface area contributed by atoms with Gasteiger partial charge in [0.1, 0.15) is 11.7 Å². The number of carbonyl (C=O) groups is 2. The van der Waals surface area contributed by atoms with Crippen molar-refractivity contribution in [2.24, 2.45) is 35.5 Å². The smallest absolute Gasteiger partial charge is 0.313 e. The molecule has 0 spiro atoms. The normalized spacial score (nSPS) is 44.6. The summed E-state index contributed by atoms with van der Waals surface area (Å²) < 4.78 is 0. The third-order valence-electron chi connectivity index (χ3n) is 5.35. The van der Waals surface area contributed by atoms with Gasteiger partial charge in [0.25, 0.3) is 0 Å². The first kappa shape index (κ1) is 11.2. The monoisotopic (exact) mass is 236 g/mol. The van der Waals surface area contributed by atoms with Crippen LogP contribution in [0.4, 0.5) is 0 Å². The Kier molecular flexibility index (Phi) is 2.53. The highest BCUT2D eigenvalue weighted by atomic mass is 16.4. The van der Waals surface area contributed by atoms with Crippen LogP contribution in [0.3, 0.4) is 0 Å². The van der Waals surface area contributed by atoms with Crippen LogP contribution in [0.25, 0.3) is 0 Å². The Bertz CT molecular complexity index is 332. The first-order valence-corrected chi connectivity index (χ1v) is 6.82. The number of ketones is 1. The number of carboxylic acids is 1. The minimum Gasteiger partial charge on any atom is -0.481 e. The summed E-state index contributed by atoms with van der Waals surface area (Å²) in [6, 6.07) is 0. The summed E-state index contributed by atoms with van der Waals surface area (Å²) in [4.78, 5) is 23.2. The fourth-order valence-electron chi connectivity index (χ4n) is 4.80. The van der Waals surface area contributed by atoms with Crippen LogP contribution < -0.4 is 0 Å². The Morgan fingerprint density at radius 3 is 1.88 bits per heavy atom. The first-order chi connectivity index (χ1) is 8.06. The lowest BCUT2D eigenvalue weighted by molar-refractivity contribution is -0.151. The maximum Gasteiger partial charge on any atom is 0.313 e. The number of carbonyl (C=O) groups excluding carboxylic acids is 1. The highest BCUT2D eigenvalue weighted by Gasteiger charge is 2.51. The number of hydrogen-bond donors (Lipinski definition) is 1. The molecule has 4 fully saturated rings. The van der Waals surface area contributed by atoms with Gasteiger partial charge in [-0.15, -0.1) is 0 Å². The van der Waals surface area contributed by atoms with E-state index in [1.54, 1.807) is 6.92 Å². The Hall–Kier alpha value is -0.860. The van der Waals surface area contributed by atoms with Crippen LogP contribution in [0, 0.1) is 35.5 Å². The van der Waals surface area contributed by atoms with Crippen LogP contribution in [-0.4, -0.2) is 16.9 Å². The number of hydrogen-bond acceptors (Lipinski definition) is 2. The fourth-order valence-corrected chi connectivity index (χ4v) is 4.80. The summed E-state index contributed by atoms with van der Waals surface area (Å²) in [7, 11) is 0. The molecule has 0 aromatic carbocycles. The molecule has 1 atom stereocenters. The molecule has 94 valence electrons. The lowest BCUT2D eigenvalue weighted by Gasteiger charge is -2.54. The van der Waals surface area contributed by atoms with Crippen LogP contribution in [0.5, 0.6) is 0 Å². The lowest BCUT2D eigenvalue weighted by atomic mass is 9.50. The number of carboxylic acid groups (broad SMARTS) is 1. The van der Waals surface area contributed by atoms with Crippen molar-refractivity contribution in [1.29, 1.82) is 0 Å². The van der Waals surface area contributed by atoms with Crippen molar-refractivity contribution in [1.82, 2.24) is 0 Å². The Labute approximate surface area is 102 Å². The van der Waals surface area contributed by atoms with Gasteiger partial charge >= 0.3 is 5.97 Å². The lowest BCUT2D eigenvalue weighted by Crippen LogP contribution is -2.49. The fraction of sp³-hybridized carbons (Fsp3) is 0.857. The van der Waals surface area contributed by atoms with Crippen LogP contribution in [0.2, 0.25) is 0 Å². The summed E-state index contributed by atoms with van der Waals surface area (Å²) >= 11 is 0. The molecule has 0 radical (unpaired) electrons. The maximum absolute atomic E-state index is 12.3. The molecule has 4 aliphatic rings. The minimum absolute atomic E-state index is 0.00583. The highest BCUT2D eigenvalue weighted by Crippen LogP contribution is 2.57. The second-order valence-corrected chi connectivity index (χ2v) is 6.42. The van der Waals surface area contributed by atoms with E-state index in [1.165, 1.54) is 32.1 Å². The molecular weight excluding hydrogens is 216 g/mol. The van der Waals surface area contributed by atoms with Crippen molar-refractivity contribution in [3.05, 3.63) is 0 Å². The van der Waals surface area contributed by atoms with Gasteiger partial charge in [0, 0.05) is 5.92 Å². The third-order valence-corrected chi connectivity index (χ3v) is 5.35. The van der Waals surface area contributed by atoms with Gasteiger partial charge in [-0.3, -0.25) is 9.59 Å². The molecule has 0 saturated heterocycles. The third kappa shape index (κ3) is 1.71. The molecule has 17 heavy (non-hydrogen) atoms. The van der Waals surface area contributed by atoms with Gasteiger partial charge in [-0.1, -0.05) is 0 Å². The SMILES string of the molecule is CC(C(=O)O)C(=O)C1C2CC3CC(C2)CC1C3. The number of Topliss-reactive ketones (excluding diaryl/α,β-unsaturated/α-hetero) is 1. The predicted molar refractivity (Wildman–Crippen MR) is 62.3 cm³/mol. The maximum atomic E-state index is 12.3. The van der Waals surface area contributed by atoms with Crippen LogP contribution >= 0.6 is 0 Å². The summed E-state index contributed by atoms with van der Waals surface area (Å²) in [5.74, 6) is 0.978. The molecule has 0 amide bonds. The topological polar surface area (TPSA) is 54.4 Å². The van der Waals surface area contributed by atoms with E-state index in [2.05, 4.69) is 0 Å². The zero-order chi connectivity index (χ0) is 12.2. The molecular formula is C14H20O3. The second kappa shape index (κ2) is 3.82. The van der Waals surface area contributed by atoms with Gasteiger partial charge < -0.3 is 5.11 Å². The van der Waals surface area contributed by atoms with Crippen LogP contribution in [0.15, 0.2) is 0 Å². The molecule has 3 heteroatoms. The van der Waals surface area contributed by atoms with Gasteiger partial charge in [0.15, 0.2) is 0 Å². The van der Waals surface area contributed by atoms with E-state index in [-0.39, 0.29) is 11.7 Å². The summed E-state index contributed by atoms with van der Waals surface area (Å²) in [6.45, 7) is 1.55. The molecule has 1 unspecified atom stereocenters. The highest BCUT2D eigenvalue weighted by molar-refractivity contribution is 5.99. The van der Waals surface area contributed by atoms with E-state index < -0.39 is 11.9 Å². The van der Waals surface area contributed by atoms with Crippen molar-refractivity contribution >= 4 is 11.8 Å². The average molecular weight is 236 g/mol. The van der Waals surface area contributed by atoms with Gasteiger partial charge in [0.05, 0.1) is 0 Å². The molecule has 0 aliphatic heterocycles. The molecule has 4 bridgehead atoms. The second-order valence-electron chi connectivity index (χ2n) is 6.42. The van der Waals surface area contributed by atoms with Crippen LogP contribution in [-0.2, 0) is 9.59 Å². The largest absolute Gasteiger partial charge is 0.481 e. The minimum atomic E-state index is -0.955. The molecule has 0 heterocycles. The Balaban J connectivity index is 1.80. The van der Waals surface area contributed by atoms with Gasteiger partial charge in [0.2, 0.25) is 0 Å². The first-order valence-electron chi connectivity index (χ1n) is 6.82. The summed E-state index contributed by atoms with van der Waals surface area (Å²) in [6.07, 6.45) is 6.07. The Morgan fingerprint density at radius 1 is 1.00 bits per heavy atom. The summed E-state index contributed by atoms with van der Waals surface area (Å²) in [5, 5.41) is 8.99. The Morgan fingerprint density at radius 2 is 1.47 bits per heavy atom. The van der Waals surface area contributed by atoms with E-state index in [0.717, 1.165) is 11.8 Å². The molecule has 0 aromatic heterocycles. The zero-order valence-electron chi connectivity index (χ0n) is 10.3. The standard InChI is InChI=1S/C14H20O3/c1-7(14(16)17)13(15)12-10-3-8-2-9(5-10)6-11(12)4-8/h7-12H,2-6H2,1H3,(H,16,17). The molecule has 0 aromatic rings. The summed E-state index contributed by atoms with van der Waals surface area (Å²) in [5.41, 5.74) is 0. The van der Waals surface area contributed by atoms with E-state index >= 15 is 0 Å². The van der Waals surface area contributed by atoms with E-state index in [1.807, 2.05) is 0 Å². The van der Waals surface area contributed by atoms with Gasteiger partial charge in [-0.2, -0.15) is 0 Å². The van der Waals surface area contributed by atoms with Crippen molar-refractivity contribution in [3.8, 4) is 0 Å². The van der Waals surface area contributed by atoms with Gasteiger partial charge in [-0.05, 0) is 62.7 Å². The quantitative estimate of drug-likeness (QED) is 0.765. The van der Waals surface area contributed by atoms with E-state index in [0.29, 0.717) is 11.8 Å². The van der Waals surface area contributed by atoms with Gasteiger partial charge in [-0.25, -0.2) is 0 Å². The molecule has 4 aliphatic carbocycles. The van der Waals surface area contributed by atoms with Crippen molar-refractivity contribution in [2.75, 3.05) is 0 Å². The molecule has 4 rings (SSSR count). The average Bonchev–Trinajstić information content (AvgIpc) is 2.26. The van der Waals surface area contributed by atoms with E-state index in [9.17, 15) is 9.59 Å². The van der Waals surface area contributed by atoms with Crippen molar-refractivity contribution < 1.29 is 14.7 Å². The predicted octanol–water partition coefficient (Wildman–Crippen LogP) is 2.35. The van der Waals surface area contributed by atoms with Crippen molar-refractivity contribution in [3.63, 3.8) is 0 Å². The van der Waals surface area contributed by atoms with E-state index in [4.69, 9.17) is 5.11 Å². The number of aliphatic carboxylic acids is 1. The van der Waals surface area contributed by atoms with Crippen molar-refractivity contribution in [2.45, 2.75) is 39.0 Å². The zero-order valence-corrected chi connectivity index (χ0v) is 10.3. The van der Waals surface area contributed by atoms with Crippen LogP contribution in [0.1, 0.15) is 39.0 Å². The molecule has 1 N–H and O–H groups in total. The molecule has 4 saturated carbocycles. The number of rotatable bonds is 3.